The maximum Gasteiger partial charge on any atom is 0.262 e. The van der Waals surface area contributed by atoms with E-state index in [1.807, 2.05) is 0 Å². The van der Waals surface area contributed by atoms with Gasteiger partial charge in [0.15, 0.2) is 6.61 Å². The predicted octanol–water partition coefficient (Wildman–Crippen LogP) is 3.59. The zero-order valence-corrected chi connectivity index (χ0v) is 16.8. The van der Waals surface area contributed by atoms with Gasteiger partial charge in [0, 0.05) is 18.8 Å². The Kier molecular flexibility index (Phi) is 6.22. The Hall–Kier alpha value is -2.16. The zero-order chi connectivity index (χ0) is 20.3. The van der Waals surface area contributed by atoms with Crippen molar-refractivity contribution in [1.82, 2.24) is 4.31 Å². The lowest BCUT2D eigenvalue weighted by Crippen LogP contribution is -2.27. The third-order valence-electron chi connectivity index (χ3n) is 4.41. The summed E-state index contributed by atoms with van der Waals surface area (Å²) in [5.74, 6) is -0.612. The highest BCUT2D eigenvalue weighted by Crippen LogP contribution is 2.26. The van der Waals surface area contributed by atoms with Crippen LogP contribution in [0.4, 0.5) is 10.1 Å². The normalized spacial score (nSPS) is 14.8. The Morgan fingerprint density at radius 3 is 2.57 bits per heavy atom. The first-order chi connectivity index (χ1) is 13.3. The first-order valence-corrected chi connectivity index (χ1v) is 10.6. The predicted molar refractivity (Wildman–Crippen MR) is 105 cm³/mol. The highest BCUT2D eigenvalue weighted by Gasteiger charge is 2.27. The summed E-state index contributed by atoms with van der Waals surface area (Å²) in [7, 11) is -3.50. The summed E-state index contributed by atoms with van der Waals surface area (Å²) >= 11 is 5.68. The third-order valence-corrected chi connectivity index (χ3v) is 6.60. The first-order valence-electron chi connectivity index (χ1n) is 8.76. The Labute approximate surface area is 168 Å². The molecule has 0 aromatic heterocycles. The molecule has 0 unspecified atom stereocenters. The second kappa shape index (κ2) is 8.46. The Morgan fingerprint density at radius 2 is 1.93 bits per heavy atom. The fourth-order valence-electron chi connectivity index (χ4n) is 2.94. The molecule has 1 aliphatic rings. The fraction of sp³-hybridized carbons (Fsp3) is 0.316. The molecule has 1 amide bonds. The van der Waals surface area contributed by atoms with E-state index in [0.29, 0.717) is 30.1 Å². The molecule has 0 atom stereocenters. The lowest BCUT2D eigenvalue weighted by molar-refractivity contribution is -0.118. The van der Waals surface area contributed by atoms with Gasteiger partial charge in [-0.15, -0.1) is 0 Å². The molecule has 0 radical (unpaired) electrons. The van der Waals surface area contributed by atoms with Crippen LogP contribution in [0, 0.1) is 12.7 Å². The molecule has 0 aliphatic carbocycles. The second-order valence-electron chi connectivity index (χ2n) is 6.50. The molecule has 0 bridgehead atoms. The van der Waals surface area contributed by atoms with Crippen molar-refractivity contribution in [2.45, 2.75) is 24.7 Å². The van der Waals surface area contributed by atoms with E-state index >= 15 is 0 Å². The second-order valence-corrected chi connectivity index (χ2v) is 8.85. The van der Waals surface area contributed by atoms with E-state index in [1.165, 1.54) is 22.5 Å². The first kappa shape index (κ1) is 20.6. The van der Waals surface area contributed by atoms with Gasteiger partial charge in [0.25, 0.3) is 5.91 Å². The molecule has 1 saturated heterocycles. The number of nitrogens with zero attached hydrogens (tertiary/aromatic N) is 1. The van der Waals surface area contributed by atoms with Gasteiger partial charge in [0.1, 0.15) is 11.6 Å². The number of benzene rings is 2. The highest BCUT2D eigenvalue weighted by atomic mass is 35.5. The van der Waals surface area contributed by atoms with Gasteiger partial charge in [0.2, 0.25) is 10.0 Å². The van der Waals surface area contributed by atoms with E-state index in [0.717, 1.165) is 18.9 Å². The van der Waals surface area contributed by atoms with Gasteiger partial charge in [-0.05, 0) is 61.7 Å². The molecule has 2 aromatic rings. The Bertz CT molecular complexity index is 991. The average Bonchev–Trinajstić information content (AvgIpc) is 3.19. The molecule has 1 fully saturated rings. The van der Waals surface area contributed by atoms with Crippen molar-refractivity contribution in [1.29, 1.82) is 0 Å². The number of carbonyl (C=O) groups excluding carboxylic acids is 1. The molecule has 1 heterocycles. The van der Waals surface area contributed by atoms with Crippen molar-refractivity contribution >= 4 is 33.2 Å². The van der Waals surface area contributed by atoms with Crippen LogP contribution in [0.3, 0.4) is 0 Å². The Balaban J connectivity index is 1.63. The summed E-state index contributed by atoms with van der Waals surface area (Å²) < 4.78 is 45.3. The lowest BCUT2D eigenvalue weighted by Gasteiger charge is -2.17. The minimum Gasteiger partial charge on any atom is -0.483 e. The molecule has 28 heavy (non-hydrogen) atoms. The van der Waals surface area contributed by atoms with Crippen LogP contribution < -0.4 is 10.1 Å². The number of ether oxygens (including phenoxy) is 1. The molecular formula is C19H20ClFN2O4S. The molecule has 6 nitrogen and oxygen atoms in total. The van der Waals surface area contributed by atoms with E-state index in [4.69, 9.17) is 16.3 Å². The molecular weight excluding hydrogens is 407 g/mol. The van der Waals surface area contributed by atoms with Crippen molar-refractivity contribution in [3.05, 3.63) is 52.8 Å². The van der Waals surface area contributed by atoms with Gasteiger partial charge in [-0.2, -0.15) is 4.31 Å². The number of rotatable bonds is 6. The van der Waals surface area contributed by atoms with Crippen LogP contribution in [0.5, 0.6) is 5.75 Å². The van der Waals surface area contributed by atoms with E-state index in [9.17, 15) is 17.6 Å². The molecule has 1 N–H and O–H groups in total. The summed E-state index contributed by atoms with van der Waals surface area (Å²) in [6.07, 6.45) is 1.74. The van der Waals surface area contributed by atoms with Crippen LogP contribution in [0.1, 0.15) is 18.4 Å². The highest BCUT2D eigenvalue weighted by molar-refractivity contribution is 7.89. The van der Waals surface area contributed by atoms with E-state index in [1.54, 1.807) is 19.1 Å². The van der Waals surface area contributed by atoms with Gasteiger partial charge in [0.05, 0.1) is 9.92 Å². The molecule has 9 heteroatoms. The van der Waals surface area contributed by atoms with Crippen molar-refractivity contribution in [3.8, 4) is 5.75 Å². The van der Waals surface area contributed by atoms with E-state index in [2.05, 4.69) is 5.32 Å². The van der Waals surface area contributed by atoms with Gasteiger partial charge < -0.3 is 10.1 Å². The molecule has 150 valence electrons. The van der Waals surface area contributed by atoms with Crippen LogP contribution in [-0.4, -0.2) is 38.3 Å². The summed E-state index contributed by atoms with van der Waals surface area (Å²) in [5.41, 5.74) is 0.960. The van der Waals surface area contributed by atoms with Crippen LogP contribution in [0.25, 0.3) is 0 Å². The van der Waals surface area contributed by atoms with Crippen molar-refractivity contribution in [2.75, 3.05) is 25.0 Å². The number of nitrogens with one attached hydrogen (secondary N) is 1. The number of anilines is 1. The van der Waals surface area contributed by atoms with Gasteiger partial charge in [-0.1, -0.05) is 11.6 Å². The monoisotopic (exact) mass is 426 g/mol. The average molecular weight is 427 g/mol. The Morgan fingerprint density at radius 1 is 1.21 bits per heavy atom. The number of amides is 1. The van der Waals surface area contributed by atoms with Crippen LogP contribution >= 0.6 is 11.6 Å². The standard InChI is InChI=1S/C19H20ClFN2O4S/c1-13-10-15(28(25,26)23-8-2-3-9-23)5-7-18(13)27-12-19(24)22-14-4-6-17(21)16(20)11-14/h4-7,10-11H,2-3,8-9,12H2,1H3,(H,22,24). The fourth-order valence-corrected chi connectivity index (χ4v) is 4.72. The summed E-state index contributed by atoms with van der Waals surface area (Å²) in [6, 6.07) is 8.41. The van der Waals surface area contributed by atoms with Gasteiger partial charge in [-0.3, -0.25) is 4.79 Å². The van der Waals surface area contributed by atoms with Gasteiger partial charge >= 0.3 is 0 Å². The summed E-state index contributed by atoms with van der Waals surface area (Å²) in [5, 5.41) is 2.46. The zero-order valence-electron chi connectivity index (χ0n) is 15.2. The van der Waals surface area contributed by atoms with Crippen molar-refractivity contribution < 1.29 is 22.3 Å². The minimum atomic E-state index is -3.50. The number of sulfonamides is 1. The number of halogens is 2. The SMILES string of the molecule is Cc1cc(S(=O)(=O)N2CCCC2)ccc1OCC(=O)Nc1ccc(F)c(Cl)c1. The molecule has 1 aliphatic heterocycles. The third kappa shape index (κ3) is 4.63. The number of aryl methyl sites for hydroxylation is 1. The summed E-state index contributed by atoms with van der Waals surface area (Å²) in [4.78, 5) is 12.2. The van der Waals surface area contributed by atoms with Crippen molar-refractivity contribution in [3.63, 3.8) is 0 Å². The molecule has 2 aromatic carbocycles. The minimum absolute atomic E-state index is 0.0932. The number of hydrogen-bond donors (Lipinski definition) is 1. The van der Waals surface area contributed by atoms with Crippen molar-refractivity contribution in [2.24, 2.45) is 0 Å². The van der Waals surface area contributed by atoms with Crippen LogP contribution in [0.2, 0.25) is 5.02 Å². The molecule has 0 spiro atoms. The molecule has 0 saturated carbocycles. The number of hydrogen-bond acceptors (Lipinski definition) is 4. The quantitative estimate of drug-likeness (QED) is 0.765. The smallest absolute Gasteiger partial charge is 0.262 e. The lowest BCUT2D eigenvalue weighted by atomic mass is 10.2. The van der Waals surface area contributed by atoms with E-state index < -0.39 is 21.7 Å². The van der Waals surface area contributed by atoms with Crippen LogP contribution in [-0.2, 0) is 14.8 Å². The summed E-state index contributed by atoms with van der Waals surface area (Å²) in [6.45, 7) is 2.50. The van der Waals surface area contributed by atoms with Gasteiger partial charge in [-0.25, -0.2) is 12.8 Å². The topological polar surface area (TPSA) is 75.7 Å². The largest absolute Gasteiger partial charge is 0.483 e. The van der Waals surface area contributed by atoms with Crippen LogP contribution in [0.15, 0.2) is 41.3 Å². The maximum atomic E-state index is 13.2. The van der Waals surface area contributed by atoms with E-state index in [-0.39, 0.29) is 16.5 Å². The molecule has 3 rings (SSSR count). The maximum absolute atomic E-state index is 13.2. The number of carbonyl (C=O) groups is 1.